The molecular weight excluding hydrogens is 444 g/mol. The summed E-state index contributed by atoms with van der Waals surface area (Å²) >= 11 is 0. The summed E-state index contributed by atoms with van der Waals surface area (Å²) in [5.41, 5.74) is 1.29. The minimum atomic E-state index is -1.59. The number of hydrogen-bond acceptors (Lipinski definition) is 5. The molecule has 1 saturated heterocycles. The van der Waals surface area contributed by atoms with Crippen LogP contribution in [0.25, 0.3) is 10.9 Å². The lowest BCUT2D eigenvalue weighted by atomic mass is 10.0. The van der Waals surface area contributed by atoms with Gasteiger partial charge in [0.25, 0.3) is 0 Å². The molecule has 1 aromatic heterocycles. The number of fused-ring (bicyclic) bond motifs is 1. The van der Waals surface area contributed by atoms with E-state index in [0.29, 0.717) is 37.4 Å². The van der Waals surface area contributed by atoms with Crippen molar-refractivity contribution in [3.63, 3.8) is 0 Å². The molecule has 34 heavy (non-hydrogen) atoms. The van der Waals surface area contributed by atoms with Crippen LogP contribution < -0.4 is 15.1 Å². The Bertz CT molecular complexity index is 1280. The number of rotatable bonds is 6. The van der Waals surface area contributed by atoms with E-state index in [9.17, 15) is 14.0 Å². The summed E-state index contributed by atoms with van der Waals surface area (Å²) in [6.45, 7) is 1.41. The Kier molecular flexibility index (Phi) is 5.95. The molecule has 1 N–H and O–H groups in total. The van der Waals surface area contributed by atoms with E-state index in [0.717, 1.165) is 18.4 Å². The molecule has 0 spiro atoms. The standard InChI is InChI=1S/C25H25F2N3O4/c26-8-9-28-10-11-29(14-22(28)16-4-2-1-3-5-16)21-13-20-18(12-19(21)27)24(31)23(34-25(32)33)15-30(20)17-6-7-17/h1-5,12-13,15,17,22H,6-11,14H2,(H,32,33). The quantitative estimate of drug-likeness (QED) is 0.541. The van der Waals surface area contributed by atoms with Crippen molar-refractivity contribution in [1.82, 2.24) is 9.47 Å². The SMILES string of the molecule is O=C(O)Oc1cn(C2CC2)c2cc(N3CCN(CCF)C(c4ccccc4)C3)c(F)cc2c1=O. The summed E-state index contributed by atoms with van der Waals surface area (Å²) in [6, 6.07) is 12.6. The van der Waals surface area contributed by atoms with Crippen LogP contribution in [0.15, 0.2) is 53.5 Å². The van der Waals surface area contributed by atoms with E-state index in [-0.39, 0.29) is 23.2 Å². The van der Waals surface area contributed by atoms with Gasteiger partial charge in [0, 0.05) is 32.2 Å². The Morgan fingerprint density at radius 2 is 1.91 bits per heavy atom. The highest BCUT2D eigenvalue weighted by Gasteiger charge is 2.31. The van der Waals surface area contributed by atoms with Crippen LogP contribution in [0.1, 0.15) is 30.5 Å². The van der Waals surface area contributed by atoms with Crippen molar-refractivity contribution < 1.29 is 23.4 Å². The highest BCUT2D eigenvalue weighted by Crippen LogP contribution is 2.39. The summed E-state index contributed by atoms with van der Waals surface area (Å²) in [4.78, 5) is 27.9. The molecule has 2 heterocycles. The molecule has 7 nitrogen and oxygen atoms in total. The molecule has 0 amide bonds. The van der Waals surface area contributed by atoms with Gasteiger partial charge in [0.2, 0.25) is 5.43 Å². The van der Waals surface area contributed by atoms with Crippen LogP contribution in [0.4, 0.5) is 19.3 Å². The fraction of sp³-hybridized carbons (Fsp3) is 0.360. The summed E-state index contributed by atoms with van der Waals surface area (Å²) < 4.78 is 35.1. The van der Waals surface area contributed by atoms with Crippen LogP contribution in [0, 0.1) is 5.82 Å². The largest absolute Gasteiger partial charge is 0.511 e. The van der Waals surface area contributed by atoms with Gasteiger partial charge >= 0.3 is 6.16 Å². The summed E-state index contributed by atoms with van der Waals surface area (Å²) in [6.07, 6.45) is 1.59. The predicted molar refractivity (Wildman–Crippen MR) is 124 cm³/mol. The third kappa shape index (κ3) is 4.23. The van der Waals surface area contributed by atoms with Crippen LogP contribution in [-0.4, -0.2) is 53.6 Å². The first kappa shape index (κ1) is 22.3. The molecule has 3 aromatic rings. The first-order valence-corrected chi connectivity index (χ1v) is 11.4. The summed E-state index contributed by atoms with van der Waals surface area (Å²) in [5.74, 6) is -0.895. The van der Waals surface area contributed by atoms with E-state index in [4.69, 9.17) is 5.11 Å². The van der Waals surface area contributed by atoms with Gasteiger partial charge in [-0.25, -0.2) is 13.6 Å². The van der Waals surface area contributed by atoms with Crippen molar-refractivity contribution in [1.29, 1.82) is 0 Å². The highest BCUT2D eigenvalue weighted by atomic mass is 19.1. The zero-order chi connectivity index (χ0) is 23.8. The van der Waals surface area contributed by atoms with E-state index in [2.05, 4.69) is 9.64 Å². The number of pyridine rings is 1. The average molecular weight is 469 g/mol. The number of alkyl halides is 1. The highest BCUT2D eigenvalue weighted by molar-refractivity contribution is 5.85. The van der Waals surface area contributed by atoms with Gasteiger partial charge in [0.15, 0.2) is 5.75 Å². The number of anilines is 1. The first-order valence-electron chi connectivity index (χ1n) is 11.4. The Labute approximate surface area is 194 Å². The number of carboxylic acid groups (broad SMARTS) is 1. The zero-order valence-corrected chi connectivity index (χ0v) is 18.5. The van der Waals surface area contributed by atoms with Crippen molar-refractivity contribution in [2.24, 2.45) is 0 Å². The molecule has 0 bridgehead atoms. The zero-order valence-electron chi connectivity index (χ0n) is 18.5. The van der Waals surface area contributed by atoms with Gasteiger partial charge in [-0.05, 0) is 30.5 Å². The molecule has 1 atom stereocenters. The Morgan fingerprint density at radius 1 is 1.15 bits per heavy atom. The number of hydrogen-bond donors (Lipinski definition) is 1. The molecular formula is C25H25F2N3O4. The van der Waals surface area contributed by atoms with E-state index in [1.165, 1.54) is 12.3 Å². The maximum absolute atomic E-state index is 15.4. The topological polar surface area (TPSA) is 75.0 Å². The van der Waals surface area contributed by atoms with Crippen molar-refractivity contribution in [3.8, 4) is 5.75 Å². The minimum absolute atomic E-state index is 0.0857. The lowest BCUT2D eigenvalue weighted by Gasteiger charge is -2.42. The van der Waals surface area contributed by atoms with Crippen LogP contribution in [0.2, 0.25) is 0 Å². The molecule has 5 rings (SSSR count). The Balaban J connectivity index is 1.56. The van der Waals surface area contributed by atoms with E-state index < -0.39 is 24.1 Å². The van der Waals surface area contributed by atoms with E-state index >= 15 is 4.39 Å². The fourth-order valence-electron chi connectivity index (χ4n) is 4.80. The fourth-order valence-corrected chi connectivity index (χ4v) is 4.80. The number of halogens is 2. The Morgan fingerprint density at radius 3 is 2.59 bits per heavy atom. The molecule has 1 aliphatic carbocycles. The molecule has 2 aliphatic rings. The van der Waals surface area contributed by atoms with Gasteiger partial charge in [-0.15, -0.1) is 0 Å². The summed E-state index contributed by atoms with van der Waals surface area (Å²) in [5, 5.41) is 9.06. The maximum Gasteiger partial charge on any atom is 0.511 e. The van der Waals surface area contributed by atoms with Crippen LogP contribution >= 0.6 is 0 Å². The van der Waals surface area contributed by atoms with Gasteiger partial charge in [-0.3, -0.25) is 9.69 Å². The van der Waals surface area contributed by atoms with E-state index in [1.807, 2.05) is 39.8 Å². The lowest BCUT2D eigenvalue weighted by Crippen LogP contribution is -2.49. The second-order valence-corrected chi connectivity index (χ2v) is 8.75. The molecule has 1 saturated carbocycles. The predicted octanol–water partition coefficient (Wildman–Crippen LogP) is 4.37. The second-order valence-electron chi connectivity index (χ2n) is 8.75. The third-order valence-electron chi connectivity index (χ3n) is 6.59. The van der Waals surface area contributed by atoms with Crippen LogP contribution in [0.5, 0.6) is 5.75 Å². The van der Waals surface area contributed by atoms with Gasteiger partial charge in [-0.2, -0.15) is 0 Å². The maximum atomic E-state index is 15.4. The first-order chi connectivity index (χ1) is 16.5. The minimum Gasteiger partial charge on any atom is -0.449 e. The average Bonchev–Trinajstić information content (AvgIpc) is 3.67. The van der Waals surface area contributed by atoms with Gasteiger partial charge in [0.1, 0.15) is 12.5 Å². The second kappa shape index (κ2) is 9.06. The lowest BCUT2D eigenvalue weighted by molar-refractivity contribution is 0.143. The van der Waals surface area contributed by atoms with Crippen molar-refractivity contribution >= 4 is 22.7 Å². The van der Waals surface area contributed by atoms with Crippen LogP contribution in [-0.2, 0) is 0 Å². The molecule has 9 heteroatoms. The van der Waals surface area contributed by atoms with Crippen molar-refractivity contribution in [2.75, 3.05) is 37.8 Å². The summed E-state index contributed by atoms with van der Waals surface area (Å²) in [7, 11) is 0. The molecule has 178 valence electrons. The number of piperazine rings is 1. The number of carbonyl (C=O) groups is 1. The monoisotopic (exact) mass is 469 g/mol. The molecule has 1 unspecified atom stereocenters. The third-order valence-corrected chi connectivity index (χ3v) is 6.59. The Hall–Kier alpha value is -3.46. The van der Waals surface area contributed by atoms with Crippen LogP contribution in [0.3, 0.4) is 0 Å². The molecule has 0 radical (unpaired) electrons. The van der Waals surface area contributed by atoms with Crippen molar-refractivity contribution in [2.45, 2.75) is 24.9 Å². The van der Waals surface area contributed by atoms with Gasteiger partial charge < -0.3 is 19.3 Å². The molecule has 2 aromatic carbocycles. The molecule has 1 aliphatic heterocycles. The molecule has 2 fully saturated rings. The number of benzene rings is 2. The van der Waals surface area contributed by atoms with Crippen molar-refractivity contribution in [3.05, 3.63) is 70.3 Å². The van der Waals surface area contributed by atoms with Gasteiger partial charge in [0.05, 0.1) is 28.8 Å². The van der Waals surface area contributed by atoms with Gasteiger partial charge in [-0.1, -0.05) is 30.3 Å². The number of aromatic nitrogens is 1. The number of ether oxygens (including phenoxy) is 1. The van der Waals surface area contributed by atoms with E-state index in [1.54, 1.807) is 6.07 Å². The number of nitrogens with zero attached hydrogens (tertiary/aromatic N) is 3. The normalized spacial score (nSPS) is 18.9. The smallest absolute Gasteiger partial charge is 0.449 e.